The van der Waals surface area contributed by atoms with Crippen molar-refractivity contribution in [3.8, 4) is 0 Å². The Morgan fingerprint density at radius 3 is 3.00 bits per heavy atom. The van der Waals surface area contributed by atoms with Crippen LogP contribution in [0.5, 0.6) is 0 Å². The van der Waals surface area contributed by atoms with E-state index in [1.165, 1.54) is 5.69 Å². The Kier molecular flexibility index (Phi) is 2.16. The van der Waals surface area contributed by atoms with Gasteiger partial charge in [0, 0.05) is 24.2 Å². The smallest absolute Gasteiger partial charge is 0.0500 e. The van der Waals surface area contributed by atoms with E-state index in [4.69, 9.17) is 0 Å². The lowest BCUT2D eigenvalue weighted by atomic mass is 10.5. The zero-order valence-corrected chi connectivity index (χ0v) is 6.30. The normalized spacial score (nSPS) is 10.0. The zero-order chi connectivity index (χ0) is 6.69. The first kappa shape index (κ1) is 6.68. The number of thiol groups is 1. The fourth-order valence-electron chi connectivity index (χ4n) is 0.728. The average Bonchev–Trinajstić information content (AvgIpc) is 2.18. The van der Waals surface area contributed by atoms with E-state index in [9.17, 15) is 0 Å². The van der Waals surface area contributed by atoms with E-state index in [-0.39, 0.29) is 0 Å². The highest BCUT2D eigenvalue weighted by Gasteiger charge is 1.91. The van der Waals surface area contributed by atoms with Crippen LogP contribution in [-0.4, -0.2) is 15.5 Å². The lowest BCUT2D eigenvalue weighted by Crippen LogP contribution is -2.02. The Morgan fingerprint density at radius 2 is 2.56 bits per heavy atom. The summed E-state index contributed by atoms with van der Waals surface area (Å²) < 4.78 is 1.94. The third kappa shape index (κ3) is 1.48. The van der Waals surface area contributed by atoms with Crippen molar-refractivity contribution in [3.05, 3.63) is 18.0 Å². The average molecular weight is 142 g/mol. The van der Waals surface area contributed by atoms with Gasteiger partial charge in [-0.15, -0.1) is 0 Å². The minimum atomic E-state index is 0.850. The summed E-state index contributed by atoms with van der Waals surface area (Å²) >= 11 is 4.09. The summed E-state index contributed by atoms with van der Waals surface area (Å²) in [5.41, 5.74) is 1.20. The topological polar surface area (TPSA) is 17.8 Å². The van der Waals surface area contributed by atoms with Crippen molar-refractivity contribution in [2.24, 2.45) is 0 Å². The monoisotopic (exact) mass is 142 g/mol. The highest BCUT2D eigenvalue weighted by atomic mass is 32.1. The molecule has 0 amide bonds. The van der Waals surface area contributed by atoms with Gasteiger partial charge in [-0.25, -0.2) is 0 Å². The molecule has 0 unspecified atom stereocenters. The lowest BCUT2D eigenvalue weighted by molar-refractivity contribution is 0.647. The second-order valence-electron chi connectivity index (χ2n) is 1.92. The van der Waals surface area contributed by atoms with Crippen LogP contribution < -0.4 is 0 Å². The van der Waals surface area contributed by atoms with Gasteiger partial charge >= 0.3 is 0 Å². The Hall–Kier alpha value is -0.440. The van der Waals surface area contributed by atoms with Crippen molar-refractivity contribution in [1.29, 1.82) is 0 Å². The van der Waals surface area contributed by atoms with Crippen LogP contribution in [-0.2, 0) is 6.54 Å². The molecule has 0 aromatic carbocycles. The van der Waals surface area contributed by atoms with Crippen molar-refractivity contribution in [1.82, 2.24) is 9.78 Å². The molecule has 0 spiro atoms. The summed E-state index contributed by atoms with van der Waals surface area (Å²) in [4.78, 5) is 0. The van der Waals surface area contributed by atoms with Crippen LogP contribution in [0.3, 0.4) is 0 Å². The van der Waals surface area contributed by atoms with Gasteiger partial charge in [-0.1, -0.05) is 0 Å². The van der Waals surface area contributed by atoms with Crippen LogP contribution in [0, 0.1) is 6.92 Å². The summed E-state index contributed by atoms with van der Waals surface area (Å²) in [6, 6.07) is 1.99. The molecular weight excluding hydrogens is 132 g/mol. The van der Waals surface area contributed by atoms with Crippen molar-refractivity contribution in [2.45, 2.75) is 13.5 Å². The lowest BCUT2D eigenvalue weighted by Gasteiger charge is -1.98. The van der Waals surface area contributed by atoms with Crippen LogP contribution >= 0.6 is 12.6 Å². The van der Waals surface area contributed by atoms with Crippen LogP contribution in [0.15, 0.2) is 12.3 Å². The molecule has 0 aliphatic rings. The molecule has 0 bridgehead atoms. The second-order valence-corrected chi connectivity index (χ2v) is 2.37. The molecule has 0 atom stereocenters. The Bertz CT molecular complexity index is 183. The van der Waals surface area contributed by atoms with Gasteiger partial charge in [0.15, 0.2) is 0 Å². The van der Waals surface area contributed by atoms with Gasteiger partial charge in [0.1, 0.15) is 0 Å². The van der Waals surface area contributed by atoms with E-state index in [2.05, 4.69) is 17.7 Å². The molecule has 0 saturated heterocycles. The van der Waals surface area contributed by atoms with E-state index in [1.54, 1.807) is 6.20 Å². The summed E-state index contributed by atoms with van der Waals surface area (Å²) in [5.74, 6) is 0.850. The molecule has 0 aliphatic heterocycles. The minimum absolute atomic E-state index is 0.850. The highest BCUT2D eigenvalue weighted by Crippen LogP contribution is 1.94. The Morgan fingerprint density at radius 1 is 1.78 bits per heavy atom. The first-order valence-corrected chi connectivity index (χ1v) is 3.57. The predicted molar refractivity (Wildman–Crippen MR) is 40.8 cm³/mol. The largest absolute Gasteiger partial charge is 0.269 e. The first-order valence-electron chi connectivity index (χ1n) is 2.94. The highest BCUT2D eigenvalue weighted by molar-refractivity contribution is 7.80. The molecule has 0 radical (unpaired) electrons. The first-order chi connectivity index (χ1) is 4.34. The fourth-order valence-corrected chi connectivity index (χ4v) is 0.917. The van der Waals surface area contributed by atoms with E-state index >= 15 is 0 Å². The molecule has 1 aromatic heterocycles. The summed E-state index contributed by atoms with van der Waals surface area (Å²) in [5, 5.41) is 4.07. The molecule has 0 aliphatic carbocycles. The quantitative estimate of drug-likeness (QED) is 0.613. The number of aryl methyl sites for hydroxylation is 2. The molecule has 9 heavy (non-hydrogen) atoms. The number of hydrogen-bond donors (Lipinski definition) is 1. The minimum Gasteiger partial charge on any atom is -0.269 e. The van der Waals surface area contributed by atoms with Gasteiger partial charge in [-0.3, -0.25) is 4.68 Å². The van der Waals surface area contributed by atoms with Crippen LogP contribution in [0.1, 0.15) is 5.69 Å². The standard InChI is InChI=1S/C6H10N2S/c1-6-2-3-7-8(6)4-5-9/h2-3,9H,4-5H2,1H3. The van der Waals surface area contributed by atoms with Gasteiger partial charge in [0.25, 0.3) is 0 Å². The summed E-state index contributed by atoms with van der Waals surface area (Å²) in [6.45, 7) is 2.94. The van der Waals surface area contributed by atoms with Crippen molar-refractivity contribution >= 4 is 12.6 Å². The molecule has 50 valence electrons. The summed E-state index contributed by atoms with van der Waals surface area (Å²) in [7, 11) is 0. The van der Waals surface area contributed by atoms with Gasteiger partial charge in [-0.2, -0.15) is 17.7 Å². The fraction of sp³-hybridized carbons (Fsp3) is 0.500. The van der Waals surface area contributed by atoms with E-state index in [1.807, 2.05) is 17.7 Å². The number of rotatable bonds is 2. The van der Waals surface area contributed by atoms with Crippen molar-refractivity contribution in [2.75, 3.05) is 5.75 Å². The maximum absolute atomic E-state index is 4.09. The van der Waals surface area contributed by atoms with E-state index in [0.29, 0.717) is 0 Å². The molecular formula is C6H10N2S. The predicted octanol–water partition coefficient (Wildman–Crippen LogP) is 1.12. The van der Waals surface area contributed by atoms with Gasteiger partial charge < -0.3 is 0 Å². The molecule has 0 N–H and O–H groups in total. The van der Waals surface area contributed by atoms with Crippen molar-refractivity contribution in [3.63, 3.8) is 0 Å². The molecule has 0 fully saturated rings. The Labute approximate surface area is 60.3 Å². The zero-order valence-electron chi connectivity index (χ0n) is 5.41. The van der Waals surface area contributed by atoms with Crippen LogP contribution in [0.4, 0.5) is 0 Å². The molecule has 1 heterocycles. The number of hydrogen-bond acceptors (Lipinski definition) is 2. The maximum Gasteiger partial charge on any atom is 0.0500 e. The van der Waals surface area contributed by atoms with Gasteiger partial charge in [0.2, 0.25) is 0 Å². The molecule has 3 heteroatoms. The van der Waals surface area contributed by atoms with E-state index < -0.39 is 0 Å². The van der Waals surface area contributed by atoms with Crippen LogP contribution in [0.25, 0.3) is 0 Å². The third-order valence-corrected chi connectivity index (χ3v) is 1.44. The van der Waals surface area contributed by atoms with Gasteiger partial charge in [-0.05, 0) is 13.0 Å². The maximum atomic E-state index is 4.09. The van der Waals surface area contributed by atoms with E-state index in [0.717, 1.165) is 12.3 Å². The SMILES string of the molecule is Cc1ccnn1CCS. The van der Waals surface area contributed by atoms with Crippen LogP contribution in [0.2, 0.25) is 0 Å². The van der Waals surface area contributed by atoms with Crippen molar-refractivity contribution < 1.29 is 0 Å². The summed E-state index contributed by atoms with van der Waals surface area (Å²) in [6.07, 6.45) is 1.80. The number of nitrogens with zero attached hydrogens (tertiary/aromatic N) is 2. The molecule has 1 aromatic rings. The third-order valence-electron chi connectivity index (χ3n) is 1.24. The Balaban J connectivity index is 2.69. The molecule has 1 rings (SSSR count). The molecule has 2 nitrogen and oxygen atoms in total. The second kappa shape index (κ2) is 2.92. The molecule has 0 saturated carbocycles. The number of aromatic nitrogens is 2. The van der Waals surface area contributed by atoms with Gasteiger partial charge in [0.05, 0.1) is 0 Å².